The summed E-state index contributed by atoms with van der Waals surface area (Å²) in [7, 11) is 0. The van der Waals surface area contributed by atoms with Crippen LogP contribution in [-0.2, 0) is 4.79 Å². The van der Waals surface area contributed by atoms with Gasteiger partial charge in [0.2, 0.25) is 5.91 Å². The minimum Gasteiger partial charge on any atom is -0.356 e. The molecule has 0 aliphatic carbocycles. The van der Waals surface area contributed by atoms with E-state index in [4.69, 9.17) is 4.98 Å². The number of aromatic nitrogens is 3. The molecule has 2 fully saturated rings. The zero-order valence-corrected chi connectivity index (χ0v) is 17.4. The molecule has 8 heteroatoms. The molecule has 0 spiro atoms. The van der Waals surface area contributed by atoms with E-state index in [-0.39, 0.29) is 11.8 Å². The smallest absolute Gasteiger partial charge is 0.289 e. The number of anilines is 1. The van der Waals surface area contributed by atoms with Crippen molar-refractivity contribution < 1.29 is 9.59 Å². The van der Waals surface area contributed by atoms with Gasteiger partial charge in [-0.05, 0) is 51.7 Å². The zero-order chi connectivity index (χ0) is 20.4. The van der Waals surface area contributed by atoms with Crippen LogP contribution in [0.5, 0.6) is 0 Å². The third-order valence-corrected chi connectivity index (χ3v) is 6.09. The van der Waals surface area contributed by atoms with Gasteiger partial charge in [0.25, 0.3) is 5.91 Å². The van der Waals surface area contributed by atoms with Crippen molar-refractivity contribution in [2.75, 3.05) is 44.2 Å². The number of nitrogens with one attached hydrogen (secondary N) is 1. The molecule has 2 aliphatic heterocycles. The monoisotopic (exact) mass is 398 g/mol. The fourth-order valence-electron chi connectivity index (χ4n) is 4.40. The predicted octanol–water partition coefficient (Wildman–Crippen LogP) is 2.28. The minimum absolute atomic E-state index is 0.0425. The number of hydrogen-bond donors (Lipinski definition) is 1. The number of hydrogen-bond acceptors (Lipinski definition) is 5. The number of likely N-dealkylation sites (tertiary alicyclic amines) is 1. The fraction of sp³-hybridized carbons (Fsp3) is 0.619. The summed E-state index contributed by atoms with van der Waals surface area (Å²) in [6.07, 6.45) is 4.17. The van der Waals surface area contributed by atoms with E-state index in [1.165, 1.54) is 0 Å². The molecule has 4 rings (SSSR count). The molecule has 2 aliphatic rings. The molecule has 0 saturated carbocycles. The second kappa shape index (κ2) is 8.39. The Hall–Kier alpha value is -2.64. The SMILES string of the molecule is CCN(CC)C(=O)c1nc2ccc(N3CCCC(C(=O)N4CCCC4)C3)nc2[nH]1. The minimum atomic E-state index is -0.108. The van der Waals surface area contributed by atoms with Crippen LogP contribution in [0, 0.1) is 5.92 Å². The third-order valence-electron chi connectivity index (χ3n) is 6.09. The Morgan fingerprint density at radius 3 is 2.59 bits per heavy atom. The van der Waals surface area contributed by atoms with Gasteiger partial charge in [-0.25, -0.2) is 9.97 Å². The molecule has 29 heavy (non-hydrogen) atoms. The van der Waals surface area contributed by atoms with E-state index in [9.17, 15) is 9.59 Å². The average Bonchev–Trinajstić information content (AvgIpc) is 3.43. The first-order chi connectivity index (χ1) is 14.1. The second-order valence-electron chi connectivity index (χ2n) is 7.92. The summed E-state index contributed by atoms with van der Waals surface area (Å²) >= 11 is 0. The van der Waals surface area contributed by atoms with Gasteiger partial charge in [0.1, 0.15) is 11.3 Å². The Morgan fingerprint density at radius 2 is 1.86 bits per heavy atom. The van der Waals surface area contributed by atoms with Gasteiger partial charge in [-0.1, -0.05) is 0 Å². The van der Waals surface area contributed by atoms with E-state index < -0.39 is 0 Å². The van der Waals surface area contributed by atoms with Crippen molar-refractivity contribution in [1.29, 1.82) is 0 Å². The molecule has 0 aromatic carbocycles. The number of fused-ring (bicyclic) bond motifs is 1. The summed E-state index contributed by atoms with van der Waals surface area (Å²) in [5, 5.41) is 0. The molecule has 2 aromatic heterocycles. The Balaban J connectivity index is 1.51. The van der Waals surface area contributed by atoms with E-state index in [1.807, 2.05) is 30.9 Å². The van der Waals surface area contributed by atoms with E-state index >= 15 is 0 Å². The van der Waals surface area contributed by atoms with Crippen LogP contribution in [0.3, 0.4) is 0 Å². The topological polar surface area (TPSA) is 85.4 Å². The van der Waals surface area contributed by atoms with Gasteiger partial charge < -0.3 is 19.7 Å². The fourth-order valence-corrected chi connectivity index (χ4v) is 4.40. The summed E-state index contributed by atoms with van der Waals surface area (Å²) in [6.45, 7) is 8.59. The molecule has 0 bridgehead atoms. The third kappa shape index (κ3) is 3.93. The Bertz CT molecular complexity index is 884. The van der Waals surface area contributed by atoms with E-state index in [2.05, 4.69) is 14.9 Å². The van der Waals surface area contributed by atoms with Crippen molar-refractivity contribution in [1.82, 2.24) is 24.8 Å². The lowest BCUT2D eigenvalue weighted by molar-refractivity contribution is -0.134. The van der Waals surface area contributed by atoms with Crippen molar-refractivity contribution in [3.8, 4) is 0 Å². The van der Waals surface area contributed by atoms with Crippen LogP contribution in [0.2, 0.25) is 0 Å². The Morgan fingerprint density at radius 1 is 1.10 bits per heavy atom. The summed E-state index contributed by atoms with van der Waals surface area (Å²) in [5.74, 6) is 1.39. The molecule has 1 N–H and O–H groups in total. The van der Waals surface area contributed by atoms with Crippen molar-refractivity contribution in [2.45, 2.75) is 39.5 Å². The van der Waals surface area contributed by atoms with Gasteiger partial charge in [-0.15, -0.1) is 0 Å². The molecule has 1 unspecified atom stereocenters. The first-order valence-corrected chi connectivity index (χ1v) is 10.8. The van der Waals surface area contributed by atoms with Gasteiger partial charge in [0.05, 0.1) is 5.92 Å². The Kier molecular flexibility index (Phi) is 5.69. The number of aromatic amines is 1. The molecule has 0 radical (unpaired) electrons. The first kappa shape index (κ1) is 19.7. The standard InChI is InChI=1S/C21H30N6O2/c1-3-25(4-2)21(29)19-22-16-9-10-17(23-18(16)24-19)27-13-7-8-15(14-27)20(28)26-11-5-6-12-26/h9-10,15H,3-8,11-14H2,1-2H3,(H,22,23,24). The lowest BCUT2D eigenvalue weighted by Crippen LogP contribution is -2.44. The van der Waals surface area contributed by atoms with Crippen LogP contribution in [0.25, 0.3) is 11.2 Å². The van der Waals surface area contributed by atoms with Crippen molar-refractivity contribution >= 4 is 28.8 Å². The highest BCUT2D eigenvalue weighted by atomic mass is 16.2. The largest absolute Gasteiger partial charge is 0.356 e. The molecule has 1 atom stereocenters. The number of H-pyrrole nitrogens is 1. The van der Waals surface area contributed by atoms with Crippen LogP contribution in [0.1, 0.15) is 50.1 Å². The number of nitrogens with zero attached hydrogens (tertiary/aromatic N) is 5. The van der Waals surface area contributed by atoms with Crippen LogP contribution < -0.4 is 4.90 Å². The predicted molar refractivity (Wildman–Crippen MR) is 112 cm³/mol. The summed E-state index contributed by atoms with van der Waals surface area (Å²) in [6, 6.07) is 3.84. The lowest BCUT2D eigenvalue weighted by atomic mass is 9.96. The number of amides is 2. The van der Waals surface area contributed by atoms with Crippen LogP contribution in [0.4, 0.5) is 5.82 Å². The molecule has 2 saturated heterocycles. The highest BCUT2D eigenvalue weighted by Gasteiger charge is 2.31. The first-order valence-electron chi connectivity index (χ1n) is 10.8. The van der Waals surface area contributed by atoms with E-state index in [0.717, 1.165) is 51.1 Å². The molecule has 156 valence electrons. The maximum atomic E-state index is 12.8. The second-order valence-corrected chi connectivity index (χ2v) is 7.92. The summed E-state index contributed by atoms with van der Waals surface area (Å²) in [5.41, 5.74) is 1.30. The molecular formula is C21H30N6O2. The molecular weight excluding hydrogens is 368 g/mol. The molecule has 4 heterocycles. The van der Waals surface area contributed by atoms with Gasteiger partial charge in [-0.3, -0.25) is 9.59 Å². The average molecular weight is 399 g/mol. The Labute approximate surface area is 171 Å². The molecule has 2 amide bonds. The number of imidazole rings is 1. The molecule has 2 aromatic rings. The number of carbonyl (C=O) groups is 2. The highest BCUT2D eigenvalue weighted by Crippen LogP contribution is 2.26. The van der Waals surface area contributed by atoms with Crippen LogP contribution in [0.15, 0.2) is 12.1 Å². The van der Waals surface area contributed by atoms with Crippen molar-refractivity contribution in [3.63, 3.8) is 0 Å². The van der Waals surface area contributed by atoms with E-state index in [1.54, 1.807) is 4.90 Å². The number of rotatable bonds is 5. The normalized spacial score (nSPS) is 19.7. The van der Waals surface area contributed by atoms with Gasteiger partial charge in [-0.2, -0.15) is 0 Å². The maximum absolute atomic E-state index is 12.8. The number of pyridine rings is 1. The summed E-state index contributed by atoms with van der Waals surface area (Å²) in [4.78, 5) is 43.5. The highest BCUT2D eigenvalue weighted by molar-refractivity contribution is 5.93. The van der Waals surface area contributed by atoms with Crippen molar-refractivity contribution in [3.05, 3.63) is 18.0 Å². The number of piperidine rings is 1. The maximum Gasteiger partial charge on any atom is 0.289 e. The lowest BCUT2D eigenvalue weighted by Gasteiger charge is -2.34. The van der Waals surface area contributed by atoms with Gasteiger partial charge in [0, 0.05) is 39.3 Å². The van der Waals surface area contributed by atoms with Crippen LogP contribution >= 0.6 is 0 Å². The zero-order valence-electron chi connectivity index (χ0n) is 17.4. The quantitative estimate of drug-likeness (QED) is 0.835. The number of carbonyl (C=O) groups excluding carboxylic acids is 2. The molecule has 8 nitrogen and oxygen atoms in total. The van der Waals surface area contributed by atoms with Gasteiger partial charge >= 0.3 is 0 Å². The van der Waals surface area contributed by atoms with Crippen LogP contribution in [-0.4, -0.2) is 75.8 Å². The van der Waals surface area contributed by atoms with Crippen molar-refractivity contribution in [2.24, 2.45) is 5.92 Å². The van der Waals surface area contributed by atoms with E-state index in [0.29, 0.717) is 42.5 Å². The summed E-state index contributed by atoms with van der Waals surface area (Å²) < 4.78 is 0. The van der Waals surface area contributed by atoms with Gasteiger partial charge in [0.15, 0.2) is 11.5 Å².